The first-order valence-electron chi connectivity index (χ1n) is 6.36. The molecule has 0 aliphatic heterocycles. The fraction of sp³-hybridized carbons (Fsp3) is 0.286. The predicted octanol–water partition coefficient (Wildman–Crippen LogP) is 2.31. The molecular weight excluding hydrogens is 308 g/mol. The number of nitrogens with one attached hydrogen (secondary N) is 1. The number of benzene rings is 1. The Labute approximate surface area is 134 Å². The normalized spacial score (nSPS) is 11.5. The van der Waals surface area contributed by atoms with Crippen molar-refractivity contribution in [2.75, 3.05) is 17.3 Å². The lowest BCUT2D eigenvalue weighted by Crippen LogP contribution is -2.36. The molecule has 0 spiro atoms. The molecule has 0 unspecified atom stereocenters. The van der Waals surface area contributed by atoms with E-state index in [0.717, 1.165) is 17.1 Å². The van der Waals surface area contributed by atoms with Crippen LogP contribution in [0.3, 0.4) is 0 Å². The van der Waals surface area contributed by atoms with Gasteiger partial charge in [-0.15, -0.1) is 12.4 Å². The van der Waals surface area contributed by atoms with Gasteiger partial charge in [-0.05, 0) is 48.8 Å². The van der Waals surface area contributed by atoms with Crippen molar-refractivity contribution in [1.29, 1.82) is 0 Å². The van der Waals surface area contributed by atoms with Crippen LogP contribution in [0, 0.1) is 0 Å². The molecule has 5 nitrogen and oxygen atoms in total. The van der Waals surface area contributed by atoms with Crippen molar-refractivity contribution in [3.8, 4) is 5.69 Å². The van der Waals surface area contributed by atoms with Gasteiger partial charge in [-0.1, -0.05) is 0 Å². The van der Waals surface area contributed by atoms with Crippen molar-refractivity contribution in [1.82, 2.24) is 9.78 Å². The minimum Gasteiger partial charge on any atom is -0.325 e. The third-order valence-corrected chi connectivity index (χ3v) is 3.52. The number of carbonyl (C=O) groups excluding carboxylic acids is 1. The van der Waals surface area contributed by atoms with Crippen molar-refractivity contribution >= 4 is 35.8 Å². The summed E-state index contributed by atoms with van der Waals surface area (Å²) in [5.41, 5.74) is 7.50. The van der Waals surface area contributed by atoms with Gasteiger partial charge in [0, 0.05) is 18.1 Å². The van der Waals surface area contributed by atoms with Crippen LogP contribution in [0.5, 0.6) is 0 Å². The Morgan fingerprint density at radius 1 is 1.43 bits per heavy atom. The first kappa shape index (κ1) is 17.6. The van der Waals surface area contributed by atoms with E-state index in [9.17, 15) is 4.79 Å². The molecule has 1 heterocycles. The van der Waals surface area contributed by atoms with E-state index in [1.807, 2.05) is 42.8 Å². The van der Waals surface area contributed by atoms with Crippen LogP contribution in [-0.2, 0) is 4.79 Å². The maximum Gasteiger partial charge on any atom is 0.241 e. The van der Waals surface area contributed by atoms with E-state index >= 15 is 0 Å². The van der Waals surface area contributed by atoms with E-state index in [1.165, 1.54) is 0 Å². The molecule has 0 radical (unpaired) electrons. The van der Waals surface area contributed by atoms with Crippen LogP contribution in [0.25, 0.3) is 5.69 Å². The average Bonchev–Trinajstić information content (AvgIpc) is 2.99. The Morgan fingerprint density at radius 2 is 2.14 bits per heavy atom. The minimum absolute atomic E-state index is 0. The van der Waals surface area contributed by atoms with Crippen LogP contribution in [-0.4, -0.2) is 33.7 Å². The second-order valence-electron chi connectivity index (χ2n) is 4.37. The number of thioether (sulfide) groups is 1. The summed E-state index contributed by atoms with van der Waals surface area (Å²) in [6.45, 7) is 0. The number of nitrogens with zero attached hydrogens (tertiary/aromatic N) is 2. The lowest BCUT2D eigenvalue weighted by atomic mass is 10.2. The molecule has 2 rings (SSSR count). The highest BCUT2D eigenvalue weighted by molar-refractivity contribution is 7.98. The van der Waals surface area contributed by atoms with Gasteiger partial charge in [-0.3, -0.25) is 4.79 Å². The summed E-state index contributed by atoms with van der Waals surface area (Å²) in [6, 6.07) is 8.88. The standard InChI is InChI=1S/C14H18N4OS.ClH/c1-20-10-7-13(15)14(19)17-11-3-5-12(6-4-11)18-9-2-8-16-18;/h2-6,8-9,13H,7,10,15H2,1H3,(H,17,19);1H/t13-;/m0./s1. The van der Waals surface area contributed by atoms with Crippen LogP contribution in [0.15, 0.2) is 42.7 Å². The highest BCUT2D eigenvalue weighted by Gasteiger charge is 2.12. The van der Waals surface area contributed by atoms with Crippen LogP contribution >= 0.6 is 24.2 Å². The van der Waals surface area contributed by atoms with Crippen LogP contribution in [0.2, 0.25) is 0 Å². The number of amides is 1. The lowest BCUT2D eigenvalue weighted by molar-refractivity contribution is -0.117. The third kappa shape index (κ3) is 5.08. The molecule has 7 heteroatoms. The highest BCUT2D eigenvalue weighted by atomic mass is 35.5. The number of hydrogen-bond acceptors (Lipinski definition) is 4. The number of nitrogens with two attached hydrogens (primary N) is 1. The molecule has 1 atom stereocenters. The molecule has 1 aromatic carbocycles. The van der Waals surface area contributed by atoms with Gasteiger partial charge in [0.1, 0.15) is 0 Å². The molecule has 0 saturated heterocycles. The summed E-state index contributed by atoms with van der Waals surface area (Å²) in [6.07, 6.45) is 6.27. The van der Waals surface area contributed by atoms with E-state index in [2.05, 4.69) is 10.4 Å². The molecule has 0 bridgehead atoms. The molecule has 3 N–H and O–H groups in total. The van der Waals surface area contributed by atoms with Gasteiger partial charge in [0.05, 0.1) is 11.7 Å². The fourth-order valence-corrected chi connectivity index (χ4v) is 2.22. The molecule has 114 valence electrons. The van der Waals surface area contributed by atoms with Crippen molar-refractivity contribution in [2.45, 2.75) is 12.5 Å². The van der Waals surface area contributed by atoms with Crippen molar-refractivity contribution in [3.05, 3.63) is 42.7 Å². The molecule has 0 aliphatic rings. The van der Waals surface area contributed by atoms with Crippen molar-refractivity contribution in [3.63, 3.8) is 0 Å². The van der Waals surface area contributed by atoms with Gasteiger partial charge in [-0.2, -0.15) is 16.9 Å². The Morgan fingerprint density at radius 3 is 2.71 bits per heavy atom. The summed E-state index contributed by atoms with van der Waals surface area (Å²) in [5, 5.41) is 6.97. The van der Waals surface area contributed by atoms with Crippen LogP contribution in [0.1, 0.15) is 6.42 Å². The van der Waals surface area contributed by atoms with E-state index in [0.29, 0.717) is 6.42 Å². The maximum atomic E-state index is 11.9. The summed E-state index contributed by atoms with van der Waals surface area (Å²) in [7, 11) is 0. The number of hydrogen-bond donors (Lipinski definition) is 2. The fourth-order valence-electron chi connectivity index (χ4n) is 1.73. The van der Waals surface area contributed by atoms with Gasteiger partial charge in [0.25, 0.3) is 0 Å². The minimum atomic E-state index is -0.465. The molecule has 0 aliphatic carbocycles. The zero-order valence-electron chi connectivity index (χ0n) is 11.7. The second-order valence-corrected chi connectivity index (χ2v) is 5.36. The van der Waals surface area contributed by atoms with Gasteiger partial charge >= 0.3 is 0 Å². The molecule has 2 aromatic rings. The number of anilines is 1. The Hall–Kier alpha value is -1.50. The van der Waals surface area contributed by atoms with E-state index in [1.54, 1.807) is 22.6 Å². The van der Waals surface area contributed by atoms with Gasteiger partial charge in [0.2, 0.25) is 5.91 Å². The summed E-state index contributed by atoms with van der Waals surface area (Å²) in [5.74, 6) is 0.734. The Kier molecular flexibility index (Phi) is 7.28. The summed E-state index contributed by atoms with van der Waals surface area (Å²) < 4.78 is 1.76. The summed E-state index contributed by atoms with van der Waals surface area (Å²) >= 11 is 1.68. The molecule has 0 saturated carbocycles. The van der Waals surface area contributed by atoms with Crippen LogP contribution < -0.4 is 11.1 Å². The van der Waals surface area contributed by atoms with Crippen LogP contribution in [0.4, 0.5) is 5.69 Å². The quantitative estimate of drug-likeness (QED) is 0.854. The second kappa shape index (κ2) is 8.71. The number of halogens is 1. The first-order valence-corrected chi connectivity index (χ1v) is 7.75. The summed E-state index contributed by atoms with van der Waals surface area (Å²) in [4.78, 5) is 11.9. The van der Waals surface area contributed by atoms with E-state index in [-0.39, 0.29) is 18.3 Å². The highest BCUT2D eigenvalue weighted by Crippen LogP contribution is 2.13. The topological polar surface area (TPSA) is 72.9 Å². The van der Waals surface area contributed by atoms with Gasteiger partial charge in [0.15, 0.2) is 0 Å². The van der Waals surface area contributed by atoms with E-state index in [4.69, 9.17) is 5.73 Å². The van der Waals surface area contributed by atoms with Crippen molar-refractivity contribution < 1.29 is 4.79 Å². The Bertz CT molecular complexity index is 545. The number of rotatable bonds is 6. The van der Waals surface area contributed by atoms with Gasteiger partial charge in [-0.25, -0.2) is 4.68 Å². The SMILES string of the molecule is CSCC[C@H](N)C(=O)Nc1ccc(-n2cccn2)cc1.Cl. The number of aromatic nitrogens is 2. The molecule has 21 heavy (non-hydrogen) atoms. The molecule has 1 aromatic heterocycles. The molecule has 0 fully saturated rings. The third-order valence-electron chi connectivity index (χ3n) is 2.87. The number of carbonyl (C=O) groups is 1. The van der Waals surface area contributed by atoms with E-state index < -0.39 is 6.04 Å². The average molecular weight is 327 g/mol. The lowest BCUT2D eigenvalue weighted by Gasteiger charge is -2.12. The Balaban J connectivity index is 0.00000220. The zero-order valence-corrected chi connectivity index (χ0v) is 13.4. The first-order chi connectivity index (χ1) is 9.70. The van der Waals surface area contributed by atoms with Gasteiger partial charge < -0.3 is 11.1 Å². The molecular formula is C14H19ClN4OS. The smallest absolute Gasteiger partial charge is 0.241 e. The molecule has 1 amide bonds. The monoisotopic (exact) mass is 326 g/mol. The largest absolute Gasteiger partial charge is 0.325 e. The zero-order chi connectivity index (χ0) is 14.4. The maximum absolute atomic E-state index is 11.9. The van der Waals surface area contributed by atoms with Crippen molar-refractivity contribution in [2.24, 2.45) is 5.73 Å². The predicted molar refractivity (Wildman–Crippen MR) is 90.4 cm³/mol.